The quantitative estimate of drug-likeness (QED) is 0.681. The third-order valence-electron chi connectivity index (χ3n) is 4.53. The number of carbonyl (C=O) groups is 2. The summed E-state index contributed by atoms with van der Waals surface area (Å²) in [6, 6.07) is 9.23. The third kappa shape index (κ3) is 3.62. The number of hydrogen-bond donors (Lipinski definition) is 1. The molecule has 1 aromatic rings. The molecule has 23 heavy (non-hydrogen) atoms. The summed E-state index contributed by atoms with van der Waals surface area (Å²) in [4.78, 5) is 24.0. The number of rotatable bonds is 4. The Labute approximate surface area is 135 Å². The average molecular weight is 318 g/mol. The van der Waals surface area contributed by atoms with E-state index in [-0.39, 0.29) is 5.92 Å². The average Bonchev–Trinajstić information content (AvgIpc) is 2.60. The van der Waals surface area contributed by atoms with Crippen molar-refractivity contribution in [2.45, 2.75) is 18.9 Å². The zero-order valence-electron chi connectivity index (χ0n) is 13.4. The first-order valence-electron chi connectivity index (χ1n) is 7.56. The fourth-order valence-corrected chi connectivity index (χ4v) is 3.23. The van der Waals surface area contributed by atoms with Gasteiger partial charge in [-0.1, -0.05) is 42.5 Å². The van der Waals surface area contributed by atoms with Gasteiger partial charge in [0, 0.05) is 5.92 Å². The summed E-state index contributed by atoms with van der Waals surface area (Å²) in [6.07, 6.45) is -0.156. The van der Waals surface area contributed by atoms with Crippen LogP contribution in [0.15, 0.2) is 42.5 Å². The maximum absolute atomic E-state index is 12.1. The van der Waals surface area contributed by atoms with E-state index in [1.165, 1.54) is 14.2 Å². The van der Waals surface area contributed by atoms with Gasteiger partial charge in [0.2, 0.25) is 0 Å². The van der Waals surface area contributed by atoms with E-state index in [2.05, 4.69) is 6.58 Å². The second-order valence-corrected chi connectivity index (χ2v) is 5.82. The van der Waals surface area contributed by atoms with Crippen LogP contribution in [0.5, 0.6) is 0 Å². The van der Waals surface area contributed by atoms with E-state index < -0.39 is 29.9 Å². The third-order valence-corrected chi connectivity index (χ3v) is 4.53. The zero-order chi connectivity index (χ0) is 17.0. The molecule has 5 nitrogen and oxygen atoms in total. The second kappa shape index (κ2) is 7.42. The first kappa shape index (κ1) is 17.2. The molecule has 0 bridgehead atoms. The standard InChI is InChI=1S/C18H22O5/c1-11-9-14(17(20)22-2)15(18(21)23-3)10-13(11)16(19)12-7-5-4-6-8-12/h4-8,13-16,19H,1,9-10H2,2-3H3/t13?,14-,15+,16?/m0/s1. The molecule has 0 radical (unpaired) electrons. The maximum Gasteiger partial charge on any atom is 0.309 e. The lowest BCUT2D eigenvalue weighted by atomic mass is 9.69. The van der Waals surface area contributed by atoms with Crippen molar-refractivity contribution in [3.63, 3.8) is 0 Å². The summed E-state index contributed by atoms with van der Waals surface area (Å²) in [5.41, 5.74) is 1.51. The van der Waals surface area contributed by atoms with Crippen LogP contribution in [0.25, 0.3) is 0 Å². The van der Waals surface area contributed by atoms with Gasteiger partial charge in [-0.05, 0) is 18.4 Å². The van der Waals surface area contributed by atoms with Crippen LogP contribution in [-0.4, -0.2) is 31.3 Å². The van der Waals surface area contributed by atoms with Gasteiger partial charge in [-0.15, -0.1) is 0 Å². The topological polar surface area (TPSA) is 72.8 Å². The van der Waals surface area contributed by atoms with Gasteiger partial charge in [-0.2, -0.15) is 0 Å². The monoisotopic (exact) mass is 318 g/mol. The highest BCUT2D eigenvalue weighted by Gasteiger charge is 2.44. The SMILES string of the molecule is C=C1C[C@H](C(=O)OC)[C@H](C(=O)OC)CC1C(O)c1ccccc1. The van der Waals surface area contributed by atoms with Gasteiger partial charge in [0.25, 0.3) is 0 Å². The van der Waals surface area contributed by atoms with Crippen molar-refractivity contribution < 1.29 is 24.2 Å². The summed E-state index contributed by atoms with van der Waals surface area (Å²) in [5, 5.41) is 10.6. The van der Waals surface area contributed by atoms with Crippen molar-refractivity contribution in [1.29, 1.82) is 0 Å². The fraction of sp³-hybridized carbons (Fsp3) is 0.444. The molecular weight excluding hydrogens is 296 g/mol. The predicted molar refractivity (Wildman–Crippen MR) is 84.3 cm³/mol. The van der Waals surface area contributed by atoms with Gasteiger partial charge >= 0.3 is 11.9 Å². The largest absolute Gasteiger partial charge is 0.469 e. The number of methoxy groups -OCH3 is 2. The molecule has 2 unspecified atom stereocenters. The molecule has 2 rings (SSSR count). The van der Waals surface area contributed by atoms with Gasteiger partial charge < -0.3 is 14.6 Å². The Balaban J connectivity index is 2.25. The summed E-state index contributed by atoms with van der Waals surface area (Å²) >= 11 is 0. The highest BCUT2D eigenvalue weighted by Crippen LogP contribution is 2.43. The van der Waals surface area contributed by atoms with Crippen LogP contribution in [0.2, 0.25) is 0 Å². The van der Waals surface area contributed by atoms with Crippen molar-refractivity contribution in [3.8, 4) is 0 Å². The molecule has 0 aromatic heterocycles. The lowest BCUT2D eigenvalue weighted by Gasteiger charge is -2.37. The number of esters is 2. The highest BCUT2D eigenvalue weighted by molar-refractivity contribution is 5.82. The lowest BCUT2D eigenvalue weighted by molar-refractivity contribution is -0.160. The lowest BCUT2D eigenvalue weighted by Crippen LogP contribution is -2.39. The number of benzene rings is 1. The van der Waals surface area contributed by atoms with E-state index in [9.17, 15) is 14.7 Å². The van der Waals surface area contributed by atoms with Crippen molar-refractivity contribution in [1.82, 2.24) is 0 Å². The Hall–Kier alpha value is -2.14. The molecule has 1 aliphatic carbocycles. The molecule has 0 spiro atoms. The Morgan fingerprint density at radius 2 is 1.70 bits per heavy atom. The molecule has 1 N–H and O–H groups in total. The number of aliphatic hydroxyl groups excluding tert-OH is 1. The van der Waals surface area contributed by atoms with Gasteiger partial charge in [-0.25, -0.2) is 0 Å². The molecule has 4 atom stereocenters. The number of carbonyl (C=O) groups excluding carboxylic acids is 2. The molecule has 1 aromatic carbocycles. The molecule has 0 saturated heterocycles. The molecule has 1 saturated carbocycles. The van der Waals surface area contributed by atoms with Crippen LogP contribution in [0.1, 0.15) is 24.5 Å². The Morgan fingerprint density at radius 1 is 1.13 bits per heavy atom. The summed E-state index contributed by atoms with van der Waals surface area (Å²) in [7, 11) is 2.59. The molecule has 1 fully saturated rings. The molecule has 5 heteroatoms. The van der Waals surface area contributed by atoms with Gasteiger partial charge in [0.15, 0.2) is 0 Å². The smallest absolute Gasteiger partial charge is 0.309 e. The molecule has 1 aliphatic rings. The molecule has 124 valence electrons. The Kier molecular flexibility index (Phi) is 5.55. The van der Waals surface area contributed by atoms with Crippen LogP contribution in [0, 0.1) is 17.8 Å². The van der Waals surface area contributed by atoms with E-state index in [0.717, 1.165) is 11.1 Å². The second-order valence-electron chi connectivity index (χ2n) is 5.82. The number of ether oxygens (including phenoxy) is 2. The Bertz CT molecular complexity index is 580. The van der Waals surface area contributed by atoms with Crippen molar-refractivity contribution >= 4 is 11.9 Å². The summed E-state index contributed by atoms with van der Waals surface area (Å²) < 4.78 is 9.62. The van der Waals surface area contributed by atoms with Crippen LogP contribution in [-0.2, 0) is 19.1 Å². The fourth-order valence-electron chi connectivity index (χ4n) is 3.23. The predicted octanol–water partition coefficient (Wildman–Crippen LogP) is 2.26. The summed E-state index contributed by atoms with van der Waals surface area (Å²) in [6.45, 7) is 4.01. The first-order chi connectivity index (χ1) is 11.0. The first-order valence-corrected chi connectivity index (χ1v) is 7.56. The Morgan fingerprint density at radius 3 is 2.26 bits per heavy atom. The number of aliphatic hydroxyl groups is 1. The maximum atomic E-state index is 12.1. The van der Waals surface area contributed by atoms with Gasteiger partial charge in [-0.3, -0.25) is 9.59 Å². The van der Waals surface area contributed by atoms with Gasteiger partial charge in [0.1, 0.15) is 0 Å². The van der Waals surface area contributed by atoms with E-state index in [4.69, 9.17) is 9.47 Å². The van der Waals surface area contributed by atoms with Crippen molar-refractivity contribution in [3.05, 3.63) is 48.0 Å². The minimum Gasteiger partial charge on any atom is -0.469 e. The zero-order valence-corrected chi connectivity index (χ0v) is 13.4. The highest BCUT2D eigenvalue weighted by atomic mass is 16.5. The van der Waals surface area contributed by atoms with E-state index >= 15 is 0 Å². The van der Waals surface area contributed by atoms with Crippen LogP contribution in [0.4, 0.5) is 0 Å². The van der Waals surface area contributed by atoms with Gasteiger partial charge in [0.05, 0.1) is 32.2 Å². The van der Waals surface area contributed by atoms with Crippen LogP contribution < -0.4 is 0 Å². The number of hydrogen-bond acceptors (Lipinski definition) is 5. The minimum atomic E-state index is -0.769. The van der Waals surface area contributed by atoms with Crippen molar-refractivity contribution in [2.75, 3.05) is 14.2 Å². The normalized spacial score (nSPS) is 25.5. The molecular formula is C18H22O5. The molecule has 0 amide bonds. The van der Waals surface area contributed by atoms with E-state index in [0.29, 0.717) is 12.8 Å². The van der Waals surface area contributed by atoms with E-state index in [1.807, 2.05) is 30.3 Å². The molecule has 0 aliphatic heterocycles. The van der Waals surface area contributed by atoms with Crippen LogP contribution in [0.3, 0.4) is 0 Å². The van der Waals surface area contributed by atoms with Crippen molar-refractivity contribution in [2.24, 2.45) is 17.8 Å². The minimum absolute atomic E-state index is 0.303. The van der Waals surface area contributed by atoms with Crippen LogP contribution >= 0.6 is 0 Å². The molecule has 0 heterocycles. The van der Waals surface area contributed by atoms with E-state index in [1.54, 1.807) is 0 Å². The summed E-state index contributed by atoms with van der Waals surface area (Å²) in [5.74, 6) is -2.46.